The summed E-state index contributed by atoms with van der Waals surface area (Å²) in [5.41, 5.74) is 3.04. The Bertz CT molecular complexity index is 609. The molecule has 0 aromatic rings. The molecular formula is C24H40N2. The second-order valence-electron chi connectivity index (χ2n) is 11.2. The largest absolute Gasteiger partial charge is 0.306 e. The number of fused-ring (bicyclic) bond motifs is 4. The van der Waals surface area contributed by atoms with Gasteiger partial charge in [0.05, 0.1) is 0 Å². The lowest BCUT2D eigenvalue weighted by Gasteiger charge is -2.58. The Morgan fingerprint density at radius 2 is 1.81 bits per heavy atom. The van der Waals surface area contributed by atoms with Crippen molar-refractivity contribution in [2.24, 2.45) is 34.5 Å². The van der Waals surface area contributed by atoms with Gasteiger partial charge in [0, 0.05) is 18.6 Å². The molecule has 4 fully saturated rings. The van der Waals surface area contributed by atoms with E-state index < -0.39 is 0 Å². The molecule has 0 amide bonds. The van der Waals surface area contributed by atoms with Crippen molar-refractivity contribution in [3.05, 3.63) is 11.6 Å². The minimum Gasteiger partial charge on any atom is -0.306 e. The summed E-state index contributed by atoms with van der Waals surface area (Å²) >= 11 is 0. The molecule has 0 bridgehead atoms. The van der Waals surface area contributed by atoms with E-state index in [1.165, 1.54) is 57.9 Å². The smallest absolute Gasteiger partial charge is 0.0127 e. The SMILES string of the molecule is C[C@H]1[C@H]2CCC3[C@@H]4CC=C5C[C@@H](N(C)C)CC[C@]5(C)C4CC[C@@]32CN1C. The van der Waals surface area contributed by atoms with Gasteiger partial charge >= 0.3 is 0 Å². The van der Waals surface area contributed by atoms with E-state index in [4.69, 9.17) is 0 Å². The van der Waals surface area contributed by atoms with Crippen molar-refractivity contribution in [3.63, 3.8) is 0 Å². The Kier molecular flexibility index (Phi) is 3.98. The number of hydrogen-bond acceptors (Lipinski definition) is 2. The van der Waals surface area contributed by atoms with Gasteiger partial charge in [-0.25, -0.2) is 0 Å². The summed E-state index contributed by atoms with van der Waals surface area (Å²) in [7, 11) is 6.95. The summed E-state index contributed by atoms with van der Waals surface area (Å²) in [6, 6.07) is 1.60. The first-order valence-electron chi connectivity index (χ1n) is 11.4. The maximum Gasteiger partial charge on any atom is 0.0127 e. The lowest BCUT2D eigenvalue weighted by atomic mass is 9.47. The molecule has 1 heterocycles. The molecule has 0 radical (unpaired) electrons. The van der Waals surface area contributed by atoms with Crippen LogP contribution in [0.1, 0.15) is 65.2 Å². The van der Waals surface area contributed by atoms with Gasteiger partial charge in [0.1, 0.15) is 0 Å². The van der Waals surface area contributed by atoms with Crippen LogP contribution in [0.4, 0.5) is 0 Å². The maximum atomic E-state index is 2.74. The van der Waals surface area contributed by atoms with Gasteiger partial charge in [0.15, 0.2) is 0 Å². The summed E-state index contributed by atoms with van der Waals surface area (Å²) in [5.74, 6) is 3.96. The van der Waals surface area contributed by atoms with Gasteiger partial charge in [-0.15, -0.1) is 0 Å². The molecule has 4 aliphatic carbocycles. The van der Waals surface area contributed by atoms with E-state index in [9.17, 15) is 0 Å². The predicted octanol–water partition coefficient (Wildman–Crippen LogP) is 4.81. The van der Waals surface area contributed by atoms with Gasteiger partial charge in [-0.05, 0) is 114 Å². The molecule has 8 atom stereocenters. The monoisotopic (exact) mass is 356 g/mol. The lowest BCUT2D eigenvalue weighted by molar-refractivity contribution is -0.0430. The van der Waals surface area contributed by atoms with Crippen LogP contribution in [-0.4, -0.2) is 49.6 Å². The van der Waals surface area contributed by atoms with Crippen LogP contribution in [0.3, 0.4) is 0 Å². The molecule has 2 heteroatoms. The first kappa shape index (κ1) is 17.7. The fourth-order valence-corrected chi connectivity index (χ4v) is 8.88. The third-order valence-electron chi connectivity index (χ3n) is 10.4. The van der Waals surface area contributed by atoms with E-state index in [1.807, 2.05) is 5.57 Å². The van der Waals surface area contributed by atoms with Gasteiger partial charge in [-0.3, -0.25) is 0 Å². The molecule has 1 spiro atoms. The zero-order valence-electron chi connectivity index (χ0n) is 17.8. The molecule has 5 rings (SSSR count). The second kappa shape index (κ2) is 5.83. The molecule has 2 unspecified atom stereocenters. The van der Waals surface area contributed by atoms with Gasteiger partial charge < -0.3 is 9.80 Å². The van der Waals surface area contributed by atoms with E-state index in [1.54, 1.807) is 0 Å². The Labute approximate surface area is 161 Å². The summed E-state index contributed by atoms with van der Waals surface area (Å²) < 4.78 is 0. The van der Waals surface area contributed by atoms with Crippen LogP contribution in [-0.2, 0) is 0 Å². The van der Waals surface area contributed by atoms with Crippen LogP contribution < -0.4 is 0 Å². The molecule has 0 aromatic heterocycles. The standard InChI is InChI=1S/C24H40N2/c1-16-20-8-9-22-19-7-6-17-14-18(25(3)4)10-12-23(17,2)21(19)11-13-24(20,22)15-26(16)5/h6,16,18-22H,7-15H2,1-5H3/t16-,18-,19+,20+,21?,22?,23-,24-/m0/s1. The zero-order chi connectivity index (χ0) is 18.3. The van der Waals surface area contributed by atoms with Crippen molar-refractivity contribution < 1.29 is 0 Å². The first-order valence-corrected chi connectivity index (χ1v) is 11.4. The third kappa shape index (κ3) is 2.18. The summed E-state index contributed by atoms with van der Waals surface area (Å²) in [4.78, 5) is 5.17. The summed E-state index contributed by atoms with van der Waals surface area (Å²) in [6.07, 6.45) is 14.4. The number of hydrogen-bond donors (Lipinski definition) is 0. The minimum atomic E-state index is 0.519. The van der Waals surface area contributed by atoms with E-state index in [0.29, 0.717) is 10.8 Å². The average Bonchev–Trinajstić information content (AvgIpc) is 3.08. The predicted molar refractivity (Wildman–Crippen MR) is 109 cm³/mol. The third-order valence-corrected chi connectivity index (χ3v) is 10.4. The fraction of sp³-hybridized carbons (Fsp3) is 0.917. The van der Waals surface area contributed by atoms with Crippen molar-refractivity contribution in [2.45, 2.75) is 77.3 Å². The Balaban J connectivity index is 1.45. The first-order chi connectivity index (χ1) is 12.4. The molecule has 3 saturated carbocycles. The highest BCUT2D eigenvalue weighted by atomic mass is 15.2. The van der Waals surface area contributed by atoms with E-state index in [-0.39, 0.29) is 0 Å². The van der Waals surface area contributed by atoms with Crippen LogP contribution in [0.25, 0.3) is 0 Å². The molecule has 5 aliphatic rings. The number of likely N-dealkylation sites (tertiary alicyclic amines) is 1. The highest BCUT2D eigenvalue weighted by Crippen LogP contribution is 2.68. The maximum absolute atomic E-state index is 2.74. The van der Waals surface area contributed by atoms with Gasteiger partial charge in [0.25, 0.3) is 0 Å². The molecule has 146 valence electrons. The summed E-state index contributed by atoms with van der Waals surface area (Å²) in [6.45, 7) is 6.56. The van der Waals surface area contributed by atoms with Gasteiger partial charge in [0.2, 0.25) is 0 Å². The van der Waals surface area contributed by atoms with E-state index in [0.717, 1.165) is 35.8 Å². The Morgan fingerprint density at radius 1 is 1.04 bits per heavy atom. The van der Waals surface area contributed by atoms with Gasteiger partial charge in [-0.1, -0.05) is 18.6 Å². The van der Waals surface area contributed by atoms with Crippen molar-refractivity contribution in [3.8, 4) is 0 Å². The highest BCUT2D eigenvalue weighted by molar-refractivity contribution is 5.26. The van der Waals surface area contributed by atoms with Crippen LogP contribution in [0.15, 0.2) is 11.6 Å². The minimum absolute atomic E-state index is 0.519. The number of nitrogens with zero attached hydrogens (tertiary/aromatic N) is 2. The zero-order valence-corrected chi connectivity index (χ0v) is 17.8. The highest BCUT2D eigenvalue weighted by Gasteiger charge is 2.63. The number of rotatable bonds is 1. The molecule has 0 N–H and O–H groups in total. The van der Waals surface area contributed by atoms with Crippen molar-refractivity contribution in [1.82, 2.24) is 9.80 Å². The number of allylic oxidation sites excluding steroid dienone is 1. The second-order valence-corrected chi connectivity index (χ2v) is 11.2. The molecule has 1 aliphatic heterocycles. The average molecular weight is 357 g/mol. The summed E-state index contributed by atoms with van der Waals surface area (Å²) in [5, 5.41) is 0. The molecule has 0 aromatic carbocycles. The molecule has 2 nitrogen and oxygen atoms in total. The lowest BCUT2D eigenvalue weighted by Crippen LogP contribution is -2.52. The van der Waals surface area contributed by atoms with Crippen LogP contribution in [0.2, 0.25) is 0 Å². The Morgan fingerprint density at radius 3 is 2.58 bits per heavy atom. The van der Waals surface area contributed by atoms with Crippen LogP contribution >= 0.6 is 0 Å². The van der Waals surface area contributed by atoms with Crippen LogP contribution in [0, 0.1) is 34.5 Å². The molecular weight excluding hydrogens is 316 g/mol. The molecule has 1 saturated heterocycles. The van der Waals surface area contributed by atoms with Gasteiger partial charge in [-0.2, -0.15) is 0 Å². The quantitative estimate of drug-likeness (QED) is 0.622. The Hall–Kier alpha value is -0.340. The fourth-order valence-electron chi connectivity index (χ4n) is 8.88. The normalized spacial score (nSPS) is 53.7. The van der Waals surface area contributed by atoms with E-state index >= 15 is 0 Å². The van der Waals surface area contributed by atoms with Crippen molar-refractivity contribution in [1.29, 1.82) is 0 Å². The molecule has 26 heavy (non-hydrogen) atoms. The van der Waals surface area contributed by atoms with Crippen molar-refractivity contribution in [2.75, 3.05) is 27.7 Å². The van der Waals surface area contributed by atoms with E-state index in [2.05, 4.69) is 50.9 Å². The van der Waals surface area contributed by atoms with Crippen molar-refractivity contribution >= 4 is 0 Å². The topological polar surface area (TPSA) is 6.48 Å². The van der Waals surface area contributed by atoms with Crippen LogP contribution in [0.5, 0.6) is 0 Å².